The fraction of sp³-hybridized carbons (Fsp3) is 0.440. The summed E-state index contributed by atoms with van der Waals surface area (Å²) < 4.78 is 2.49. The maximum Gasteiger partial charge on any atom is 0.0559 e. The van der Waals surface area contributed by atoms with Crippen molar-refractivity contribution in [3.8, 4) is 0 Å². The molecule has 1 heterocycles. The van der Waals surface area contributed by atoms with Gasteiger partial charge >= 0.3 is 0 Å². The van der Waals surface area contributed by atoms with Crippen LogP contribution in [0.15, 0.2) is 54.5 Å². The summed E-state index contributed by atoms with van der Waals surface area (Å²) >= 11 is 8.25. The molecule has 0 radical (unpaired) electrons. The first kappa shape index (κ1) is 23.9. The van der Waals surface area contributed by atoms with Crippen LogP contribution in [0.4, 0.5) is 5.69 Å². The van der Waals surface area contributed by atoms with Gasteiger partial charge in [0.25, 0.3) is 0 Å². The van der Waals surface area contributed by atoms with Gasteiger partial charge in [0.2, 0.25) is 0 Å². The van der Waals surface area contributed by atoms with Crippen LogP contribution in [0, 0.1) is 13.8 Å². The van der Waals surface area contributed by atoms with Crippen molar-refractivity contribution in [3.05, 3.63) is 71.3 Å². The van der Waals surface area contributed by atoms with E-state index < -0.39 is 0 Å². The van der Waals surface area contributed by atoms with Crippen LogP contribution in [0.1, 0.15) is 43.4 Å². The summed E-state index contributed by atoms with van der Waals surface area (Å²) in [5.74, 6) is 0. The van der Waals surface area contributed by atoms with Gasteiger partial charge in [0.05, 0.1) is 10.7 Å². The first-order valence-electron chi connectivity index (χ1n) is 10.4. The molecule has 0 spiro atoms. The van der Waals surface area contributed by atoms with Gasteiger partial charge in [0.15, 0.2) is 0 Å². The highest BCUT2D eigenvalue weighted by atomic mass is 35.5. The van der Waals surface area contributed by atoms with Crippen molar-refractivity contribution in [1.82, 2.24) is 4.90 Å². The standard InChI is InChI=1S/C23H31ClN2S.C2H4/c1-6-23(12-13-25(5)7-2)16-26(27-21-11-9-8-10-20(21)24)22-18(4)14-17(3)15-19(22)23;1-2/h8-11,14-15H,6-7,12-13,16H2,1-5H3;1-2H2. The number of nitrogens with zero attached hydrogens (tertiary/aromatic N) is 2. The Hall–Kier alpha value is -1.42. The SMILES string of the molecule is C=C.CCN(C)CCC1(CC)CN(Sc2ccccc2Cl)c2c(C)cc(C)cc21. The van der Waals surface area contributed by atoms with E-state index in [1.54, 1.807) is 11.9 Å². The first-order valence-corrected chi connectivity index (χ1v) is 11.6. The van der Waals surface area contributed by atoms with E-state index in [-0.39, 0.29) is 5.41 Å². The van der Waals surface area contributed by atoms with Crippen LogP contribution in [0.3, 0.4) is 0 Å². The third-order valence-corrected chi connectivity index (χ3v) is 7.47. The number of hydrogen-bond acceptors (Lipinski definition) is 3. The second-order valence-electron chi connectivity index (χ2n) is 7.82. The normalized spacial score (nSPS) is 17.8. The number of anilines is 1. The molecule has 2 aromatic rings. The average Bonchev–Trinajstić information content (AvgIpc) is 3.03. The van der Waals surface area contributed by atoms with E-state index in [4.69, 9.17) is 11.6 Å². The number of hydrogen-bond donors (Lipinski definition) is 0. The molecule has 0 N–H and O–H groups in total. The largest absolute Gasteiger partial charge is 0.311 e. The molecule has 0 aromatic heterocycles. The second-order valence-corrected chi connectivity index (χ2v) is 9.29. The van der Waals surface area contributed by atoms with E-state index in [1.807, 2.05) is 12.1 Å². The third kappa shape index (κ3) is 5.20. The molecule has 1 aliphatic heterocycles. The van der Waals surface area contributed by atoms with Crippen molar-refractivity contribution in [2.24, 2.45) is 0 Å². The molecule has 1 aliphatic rings. The zero-order valence-electron chi connectivity index (χ0n) is 18.6. The summed E-state index contributed by atoms with van der Waals surface area (Å²) in [6.07, 6.45) is 2.34. The maximum atomic E-state index is 6.47. The smallest absolute Gasteiger partial charge is 0.0559 e. The zero-order chi connectivity index (χ0) is 21.6. The Kier molecular flexibility index (Phi) is 8.69. The fourth-order valence-electron chi connectivity index (χ4n) is 4.11. The van der Waals surface area contributed by atoms with Crippen LogP contribution in [0.25, 0.3) is 0 Å². The van der Waals surface area contributed by atoms with Crippen molar-refractivity contribution in [2.75, 3.05) is 31.0 Å². The van der Waals surface area contributed by atoms with Gasteiger partial charge in [-0.1, -0.05) is 55.3 Å². The van der Waals surface area contributed by atoms with Gasteiger partial charge in [-0.2, -0.15) is 0 Å². The minimum absolute atomic E-state index is 0.198. The summed E-state index contributed by atoms with van der Waals surface area (Å²) in [7, 11) is 2.22. The predicted octanol–water partition coefficient (Wildman–Crippen LogP) is 7.28. The minimum Gasteiger partial charge on any atom is -0.311 e. The van der Waals surface area contributed by atoms with E-state index >= 15 is 0 Å². The maximum absolute atomic E-state index is 6.47. The Bertz CT molecular complexity index is 822. The molecule has 3 rings (SSSR count). The van der Waals surface area contributed by atoms with Crippen LogP contribution in [-0.2, 0) is 5.41 Å². The lowest BCUT2D eigenvalue weighted by molar-refractivity contribution is 0.291. The monoisotopic (exact) mass is 430 g/mol. The van der Waals surface area contributed by atoms with Crippen molar-refractivity contribution < 1.29 is 0 Å². The predicted molar refractivity (Wildman–Crippen MR) is 132 cm³/mol. The lowest BCUT2D eigenvalue weighted by Crippen LogP contribution is -2.34. The first-order chi connectivity index (χ1) is 13.9. The van der Waals surface area contributed by atoms with Crippen LogP contribution >= 0.6 is 23.5 Å². The Morgan fingerprint density at radius 1 is 1.17 bits per heavy atom. The number of rotatable bonds is 7. The highest BCUT2D eigenvalue weighted by Crippen LogP contribution is 2.51. The summed E-state index contributed by atoms with van der Waals surface area (Å²) in [6.45, 7) is 18.3. The topological polar surface area (TPSA) is 6.48 Å². The number of halogens is 1. The summed E-state index contributed by atoms with van der Waals surface area (Å²) in [5, 5.41) is 0.827. The summed E-state index contributed by atoms with van der Waals surface area (Å²) in [6, 6.07) is 12.9. The highest BCUT2D eigenvalue weighted by Gasteiger charge is 2.42. The lowest BCUT2D eigenvalue weighted by Gasteiger charge is -2.31. The molecular formula is C25H35ClN2S. The average molecular weight is 431 g/mol. The van der Waals surface area contributed by atoms with Crippen LogP contribution in [-0.4, -0.2) is 31.6 Å². The summed E-state index contributed by atoms with van der Waals surface area (Å²) in [4.78, 5) is 3.55. The Morgan fingerprint density at radius 3 is 2.48 bits per heavy atom. The van der Waals surface area contributed by atoms with Gasteiger partial charge in [-0.3, -0.25) is 0 Å². The Morgan fingerprint density at radius 2 is 1.86 bits per heavy atom. The molecule has 2 nitrogen and oxygen atoms in total. The molecular weight excluding hydrogens is 396 g/mol. The molecule has 0 saturated carbocycles. The van der Waals surface area contributed by atoms with Crippen molar-refractivity contribution in [3.63, 3.8) is 0 Å². The van der Waals surface area contributed by atoms with Crippen LogP contribution < -0.4 is 4.31 Å². The number of benzene rings is 2. The van der Waals surface area contributed by atoms with Crippen molar-refractivity contribution >= 4 is 29.2 Å². The van der Waals surface area contributed by atoms with Gasteiger partial charge in [-0.25, -0.2) is 0 Å². The number of fused-ring (bicyclic) bond motifs is 1. The molecule has 1 atom stereocenters. The van der Waals surface area contributed by atoms with Crippen LogP contribution in [0.2, 0.25) is 5.02 Å². The van der Waals surface area contributed by atoms with E-state index in [0.29, 0.717) is 0 Å². The van der Waals surface area contributed by atoms with Crippen molar-refractivity contribution in [2.45, 2.75) is 50.8 Å². The van der Waals surface area contributed by atoms with E-state index in [2.05, 4.69) is 81.4 Å². The van der Waals surface area contributed by atoms with E-state index in [9.17, 15) is 0 Å². The van der Waals surface area contributed by atoms with E-state index in [1.165, 1.54) is 28.8 Å². The zero-order valence-corrected chi connectivity index (χ0v) is 20.2. The van der Waals surface area contributed by atoms with Gasteiger partial charge in [0.1, 0.15) is 0 Å². The minimum atomic E-state index is 0.198. The molecule has 1 unspecified atom stereocenters. The molecule has 29 heavy (non-hydrogen) atoms. The third-order valence-electron chi connectivity index (χ3n) is 5.95. The fourth-order valence-corrected chi connectivity index (χ4v) is 5.52. The molecule has 0 bridgehead atoms. The number of aryl methyl sites for hydroxylation is 2. The second kappa shape index (κ2) is 10.6. The van der Waals surface area contributed by atoms with Gasteiger partial charge < -0.3 is 9.21 Å². The Labute approximate surface area is 187 Å². The molecule has 0 fully saturated rings. The highest BCUT2D eigenvalue weighted by molar-refractivity contribution is 8.00. The molecule has 0 aliphatic carbocycles. The Balaban J connectivity index is 0.00000145. The quantitative estimate of drug-likeness (QED) is 0.336. The van der Waals surface area contributed by atoms with Crippen LogP contribution in [0.5, 0.6) is 0 Å². The van der Waals surface area contributed by atoms with Gasteiger partial charge in [0, 0.05) is 16.9 Å². The molecule has 2 aromatic carbocycles. The van der Waals surface area contributed by atoms with E-state index in [0.717, 1.165) is 36.0 Å². The summed E-state index contributed by atoms with van der Waals surface area (Å²) in [5.41, 5.74) is 5.84. The lowest BCUT2D eigenvalue weighted by atomic mass is 9.76. The van der Waals surface area contributed by atoms with Gasteiger partial charge in [-0.15, -0.1) is 13.2 Å². The molecule has 0 saturated heterocycles. The van der Waals surface area contributed by atoms with Gasteiger partial charge in [-0.05, 0) is 82.0 Å². The molecule has 0 amide bonds. The molecule has 4 heteroatoms. The van der Waals surface area contributed by atoms with Crippen molar-refractivity contribution in [1.29, 1.82) is 0 Å². The molecule has 158 valence electrons.